The third-order valence-corrected chi connectivity index (χ3v) is 14.8. The minimum absolute atomic E-state index is 1.35. The van der Waals surface area contributed by atoms with Crippen LogP contribution in [0.5, 0.6) is 0 Å². The van der Waals surface area contributed by atoms with Crippen LogP contribution in [-0.4, -0.2) is 13.3 Å². The van der Waals surface area contributed by atoms with Crippen LogP contribution in [0.4, 0.5) is 0 Å². The van der Waals surface area contributed by atoms with Crippen molar-refractivity contribution >= 4 is 19.3 Å². The van der Waals surface area contributed by atoms with Crippen molar-refractivity contribution in [1.29, 1.82) is 0 Å². The van der Waals surface area contributed by atoms with Gasteiger partial charge in [-0.1, -0.05) is 0 Å². The SMILES string of the molecule is CCC[CH2][Ge]([CH]=Cc1ccccc1)([CH2]CCC)[CH2]CCC. The molecular weight excluding hydrogens is 313 g/mol. The average molecular weight is 347 g/mol. The van der Waals surface area contributed by atoms with Crippen LogP contribution in [0.1, 0.15) is 64.9 Å². The molecule has 1 heteroatoms. The molecule has 0 amide bonds. The first kappa shape index (κ1) is 18.6. The standard InChI is InChI=1S/C20H34Ge/c1-4-7-16-21(17-8-5-2,18-9-6-3)19-15-20-13-11-10-12-14-20/h10-15,19H,4-9,16-18H2,1-3H3. The average Bonchev–Trinajstić information content (AvgIpc) is 2.54. The quantitative estimate of drug-likeness (QED) is 0.375. The van der Waals surface area contributed by atoms with Crippen molar-refractivity contribution < 1.29 is 0 Å². The van der Waals surface area contributed by atoms with Gasteiger partial charge in [0.05, 0.1) is 0 Å². The zero-order valence-corrected chi connectivity index (χ0v) is 16.5. The van der Waals surface area contributed by atoms with E-state index in [1.165, 1.54) is 44.1 Å². The van der Waals surface area contributed by atoms with Gasteiger partial charge in [0.2, 0.25) is 0 Å². The normalized spacial score (nSPS) is 12.1. The minimum atomic E-state index is -1.80. The summed E-state index contributed by atoms with van der Waals surface area (Å²) in [5, 5.41) is 4.62. The first-order valence-electron chi connectivity index (χ1n) is 9.00. The van der Waals surface area contributed by atoms with Crippen molar-refractivity contribution in [2.75, 3.05) is 0 Å². The summed E-state index contributed by atoms with van der Waals surface area (Å²) >= 11 is -1.80. The van der Waals surface area contributed by atoms with Gasteiger partial charge in [-0.05, 0) is 0 Å². The molecule has 0 aromatic heterocycles. The molecule has 0 unspecified atom stereocenters. The molecule has 0 heterocycles. The van der Waals surface area contributed by atoms with Crippen LogP contribution in [-0.2, 0) is 0 Å². The molecule has 1 aromatic carbocycles. The molecule has 0 radical (unpaired) electrons. The van der Waals surface area contributed by atoms with Crippen LogP contribution < -0.4 is 0 Å². The van der Waals surface area contributed by atoms with Crippen LogP contribution in [0, 0.1) is 0 Å². The Kier molecular flexibility index (Phi) is 9.82. The number of hydrogen-bond donors (Lipinski definition) is 0. The molecule has 0 aliphatic carbocycles. The van der Waals surface area contributed by atoms with E-state index in [1.807, 2.05) is 0 Å². The van der Waals surface area contributed by atoms with Crippen LogP contribution >= 0.6 is 0 Å². The Bertz CT molecular complexity index is 358. The van der Waals surface area contributed by atoms with Gasteiger partial charge in [0, 0.05) is 0 Å². The molecule has 0 spiro atoms. The monoisotopic (exact) mass is 348 g/mol. The summed E-state index contributed by atoms with van der Waals surface area (Å²) in [5.41, 5.74) is 1.39. The maximum absolute atomic E-state index is 2.73. The number of benzene rings is 1. The molecule has 0 nitrogen and oxygen atoms in total. The number of hydrogen-bond acceptors (Lipinski definition) is 0. The van der Waals surface area contributed by atoms with Crippen molar-refractivity contribution in [2.45, 2.75) is 75.1 Å². The predicted octanol–water partition coefficient (Wildman–Crippen LogP) is 7.09. The van der Waals surface area contributed by atoms with E-state index in [9.17, 15) is 0 Å². The van der Waals surface area contributed by atoms with E-state index >= 15 is 0 Å². The van der Waals surface area contributed by atoms with Gasteiger partial charge in [0.15, 0.2) is 0 Å². The molecular formula is C20H34Ge. The molecule has 21 heavy (non-hydrogen) atoms. The molecule has 0 saturated carbocycles. The van der Waals surface area contributed by atoms with Crippen molar-refractivity contribution in [2.24, 2.45) is 0 Å². The zero-order valence-electron chi connectivity index (χ0n) is 14.4. The first-order valence-corrected chi connectivity index (χ1v) is 14.7. The van der Waals surface area contributed by atoms with Gasteiger partial charge in [0.1, 0.15) is 0 Å². The second kappa shape index (κ2) is 11.1. The van der Waals surface area contributed by atoms with Gasteiger partial charge in [-0.15, -0.1) is 0 Å². The maximum atomic E-state index is 2.73. The third kappa shape index (κ3) is 7.35. The molecule has 1 aromatic rings. The molecule has 0 N–H and O–H groups in total. The van der Waals surface area contributed by atoms with Crippen LogP contribution in [0.25, 0.3) is 6.08 Å². The molecule has 1 rings (SSSR count). The Morgan fingerprint density at radius 1 is 0.762 bits per heavy atom. The van der Waals surface area contributed by atoms with E-state index < -0.39 is 13.3 Å². The molecule has 0 fully saturated rings. The topological polar surface area (TPSA) is 0 Å². The molecule has 0 saturated heterocycles. The molecule has 0 bridgehead atoms. The number of rotatable bonds is 11. The van der Waals surface area contributed by atoms with Crippen LogP contribution in [0.2, 0.25) is 15.8 Å². The first-order chi connectivity index (χ1) is 10.3. The summed E-state index contributed by atoms with van der Waals surface area (Å²) in [7, 11) is 0. The molecule has 0 aliphatic heterocycles. The van der Waals surface area contributed by atoms with E-state index in [-0.39, 0.29) is 0 Å². The summed E-state index contributed by atoms with van der Waals surface area (Å²) in [6.07, 6.45) is 10.8. The van der Waals surface area contributed by atoms with Crippen molar-refractivity contribution in [1.82, 2.24) is 0 Å². The Morgan fingerprint density at radius 2 is 1.24 bits per heavy atom. The predicted molar refractivity (Wildman–Crippen MR) is 100 cm³/mol. The summed E-state index contributed by atoms with van der Waals surface area (Å²) in [6, 6.07) is 10.9. The zero-order chi connectivity index (χ0) is 15.4. The number of unbranched alkanes of at least 4 members (excludes halogenated alkanes) is 3. The van der Waals surface area contributed by atoms with Gasteiger partial charge < -0.3 is 0 Å². The van der Waals surface area contributed by atoms with E-state index in [0.29, 0.717) is 0 Å². The fourth-order valence-electron chi connectivity index (χ4n) is 3.05. The fourth-order valence-corrected chi connectivity index (χ4v) is 13.5. The summed E-state index contributed by atoms with van der Waals surface area (Å²) in [5.74, 6) is 0. The van der Waals surface area contributed by atoms with E-state index in [2.05, 4.69) is 62.1 Å². The molecule has 0 atom stereocenters. The van der Waals surface area contributed by atoms with E-state index in [1.54, 1.807) is 15.8 Å². The van der Waals surface area contributed by atoms with Gasteiger partial charge in [-0.3, -0.25) is 0 Å². The van der Waals surface area contributed by atoms with Crippen molar-refractivity contribution in [3.8, 4) is 0 Å². The van der Waals surface area contributed by atoms with E-state index in [0.717, 1.165) is 0 Å². The van der Waals surface area contributed by atoms with Gasteiger partial charge in [0.25, 0.3) is 0 Å². The summed E-state index contributed by atoms with van der Waals surface area (Å²) in [4.78, 5) is 2.73. The second-order valence-electron chi connectivity index (χ2n) is 6.42. The fraction of sp³-hybridized carbons (Fsp3) is 0.600. The molecule has 118 valence electrons. The Labute approximate surface area is 135 Å². The van der Waals surface area contributed by atoms with Crippen LogP contribution in [0.3, 0.4) is 0 Å². The van der Waals surface area contributed by atoms with Gasteiger partial charge >= 0.3 is 135 Å². The van der Waals surface area contributed by atoms with Gasteiger partial charge in [-0.2, -0.15) is 0 Å². The summed E-state index contributed by atoms with van der Waals surface area (Å²) in [6.45, 7) is 7.02. The van der Waals surface area contributed by atoms with Crippen LogP contribution in [0.15, 0.2) is 35.2 Å². The molecule has 0 aliphatic rings. The summed E-state index contributed by atoms with van der Waals surface area (Å²) < 4.78 is 0. The Hall–Kier alpha value is -0.497. The van der Waals surface area contributed by atoms with E-state index in [4.69, 9.17) is 0 Å². The Balaban J connectivity index is 2.86. The van der Waals surface area contributed by atoms with Crippen molar-refractivity contribution in [3.05, 3.63) is 40.8 Å². The van der Waals surface area contributed by atoms with Crippen molar-refractivity contribution in [3.63, 3.8) is 0 Å². The van der Waals surface area contributed by atoms with Gasteiger partial charge in [-0.25, -0.2) is 0 Å². The second-order valence-corrected chi connectivity index (χ2v) is 16.0. The third-order valence-electron chi connectivity index (χ3n) is 4.51. The Morgan fingerprint density at radius 3 is 1.67 bits per heavy atom.